The van der Waals surface area contributed by atoms with Crippen LogP contribution in [-0.2, 0) is 32.5 Å². The first kappa shape index (κ1) is 56.9. The number of pyridine rings is 1. The molecule has 9 aromatic rings. The Balaban J connectivity index is 1.07. The van der Waals surface area contributed by atoms with Crippen LogP contribution >= 0.6 is 0 Å². The minimum absolute atomic E-state index is 0.0679. The average molecular weight is 1100 g/mol. The normalized spacial score (nSPS) is 13.8. The second kappa shape index (κ2) is 20.5. The van der Waals surface area contributed by atoms with Crippen LogP contribution in [0.3, 0.4) is 0 Å². The van der Waals surface area contributed by atoms with Gasteiger partial charge in [-0.05, 0) is 155 Å². The number of hydrogen-bond donors (Lipinski definition) is 0. The van der Waals surface area contributed by atoms with Crippen molar-refractivity contribution in [3.05, 3.63) is 216 Å². The molecular formula is C78H86N4O. The van der Waals surface area contributed by atoms with Gasteiger partial charge in [-0.25, -0.2) is 4.98 Å². The van der Waals surface area contributed by atoms with Crippen molar-refractivity contribution >= 4 is 39.9 Å². The first-order valence-electron chi connectivity index (χ1n) is 29.9. The maximum absolute atomic E-state index is 7.09. The van der Waals surface area contributed by atoms with Gasteiger partial charge in [-0.15, -0.1) is 0 Å². The predicted octanol–water partition coefficient (Wildman–Crippen LogP) is 22.4. The van der Waals surface area contributed by atoms with E-state index in [4.69, 9.17) is 9.72 Å². The summed E-state index contributed by atoms with van der Waals surface area (Å²) in [5.41, 5.74) is 23.6. The molecule has 0 aliphatic carbocycles. The molecule has 0 N–H and O–H groups in total. The summed E-state index contributed by atoms with van der Waals surface area (Å²) in [5.74, 6) is 2.36. The first-order valence-corrected chi connectivity index (χ1v) is 29.9. The molecule has 0 saturated heterocycles. The molecule has 2 aliphatic rings. The fraction of sp³-hybridized carbons (Fsp3) is 0.321. The van der Waals surface area contributed by atoms with E-state index in [1.54, 1.807) is 0 Å². The number of para-hydroxylation sites is 3. The molecule has 424 valence electrons. The number of anilines is 7. The highest BCUT2D eigenvalue weighted by Gasteiger charge is 2.35. The van der Waals surface area contributed by atoms with E-state index in [9.17, 15) is 0 Å². The highest BCUT2D eigenvalue weighted by Crippen LogP contribution is 2.55. The van der Waals surface area contributed by atoms with Gasteiger partial charge in [0.25, 0.3) is 0 Å². The molecule has 0 saturated carbocycles. The van der Waals surface area contributed by atoms with Gasteiger partial charge in [0.05, 0.1) is 28.4 Å². The summed E-state index contributed by atoms with van der Waals surface area (Å²) >= 11 is 0. The molecule has 0 atom stereocenters. The van der Waals surface area contributed by atoms with Gasteiger partial charge in [-0.3, -0.25) is 4.90 Å². The molecule has 0 amide bonds. The molecule has 0 spiro atoms. The largest absolute Gasteiger partial charge is 0.457 e. The summed E-state index contributed by atoms with van der Waals surface area (Å²) in [6.45, 7) is 42.6. The lowest BCUT2D eigenvalue weighted by Gasteiger charge is -2.32. The number of aromatic nitrogens is 1. The third-order valence-corrected chi connectivity index (χ3v) is 17.0. The smallest absolute Gasteiger partial charge is 0.137 e. The van der Waals surface area contributed by atoms with E-state index in [1.807, 2.05) is 6.20 Å². The van der Waals surface area contributed by atoms with Crippen molar-refractivity contribution in [2.45, 2.75) is 157 Å². The van der Waals surface area contributed by atoms with Gasteiger partial charge in [0, 0.05) is 46.3 Å². The molecule has 5 nitrogen and oxygen atoms in total. The molecule has 83 heavy (non-hydrogen) atoms. The SMILES string of the molecule is CC(C)(C)c1cc(-c2cc(C(C)(C)C)cc(-c3cc(C(C)(C)C)cc(C(C)(C)C)c3)c2N2CN(c3cccc(Oc4ccc5c(c4)N(c4cc(C(C)(C)C)ccn4)c4ccccc4-c4ccccc4-5)c3)c3ccccc32)cc(C(C)(C)C)c1. The molecule has 1 aromatic heterocycles. The molecule has 0 bridgehead atoms. The summed E-state index contributed by atoms with van der Waals surface area (Å²) in [7, 11) is 0. The highest BCUT2D eigenvalue weighted by atomic mass is 16.5. The van der Waals surface area contributed by atoms with E-state index in [2.05, 4.69) is 315 Å². The third kappa shape index (κ3) is 11.1. The Kier molecular flexibility index (Phi) is 14.0. The van der Waals surface area contributed by atoms with Crippen LogP contribution in [0.4, 0.5) is 39.9 Å². The Morgan fingerprint density at radius 1 is 0.325 bits per heavy atom. The van der Waals surface area contributed by atoms with Gasteiger partial charge < -0.3 is 14.5 Å². The van der Waals surface area contributed by atoms with Crippen LogP contribution in [0.15, 0.2) is 182 Å². The lowest BCUT2D eigenvalue weighted by Crippen LogP contribution is -2.25. The van der Waals surface area contributed by atoms with Crippen LogP contribution in [0.2, 0.25) is 0 Å². The van der Waals surface area contributed by atoms with Crippen molar-refractivity contribution in [2.75, 3.05) is 21.4 Å². The summed E-state index contributed by atoms with van der Waals surface area (Å²) < 4.78 is 7.09. The lowest BCUT2D eigenvalue weighted by atomic mass is 9.76. The van der Waals surface area contributed by atoms with E-state index >= 15 is 0 Å². The molecule has 11 rings (SSSR count). The van der Waals surface area contributed by atoms with Crippen molar-refractivity contribution in [2.24, 2.45) is 0 Å². The van der Waals surface area contributed by atoms with Crippen LogP contribution in [0, 0.1) is 0 Å². The number of hydrogen-bond acceptors (Lipinski definition) is 5. The van der Waals surface area contributed by atoms with E-state index in [-0.39, 0.29) is 32.5 Å². The molecule has 8 aromatic carbocycles. The van der Waals surface area contributed by atoms with Crippen LogP contribution < -0.4 is 19.4 Å². The average Bonchev–Trinajstić information content (AvgIpc) is 2.93. The zero-order chi connectivity index (χ0) is 59.3. The van der Waals surface area contributed by atoms with Crippen LogP contribution in [-0.4, -0.2) is 11.7 Å². The van der Waals surface area contributed by atoms with Gasteiger partial charge in [0.2, 0.25) is 0 Å². The Labute approximate surface area is 497 Å². The van der Waals surface area contributed by atoms with Crippen LogP contribution in [0.25, 0.3) is 44.5 Å². The van der Waals surface area contributed by atoms with Crippen molar-refractivity contribution in [3.8, 4) is 56.0 Å². The van der Waals surface area contributed by atoms with E-state index in [0.717, 1.165) is 56.9 Å². The zero-order valence-corrected chi connectivity index (χ0v) is 52.7. The molecule has 3 heterocycles. The highest BCUT2D eigenvalue weighted by molar-refractivity contribution is 6.03. The summed E-state index contributed by atoms with van der Waals surface area (Å²) in [6, 6.07) is 65.8. The number of rotatable bonds is 7. The van der Waals surface area contributed by atoms with Crippen LogP contribution in [0.5, 0.6) is 11.5 Å². The lowest BCUT2D eigenvalue weighted by molar-refractivity contribution is 0.483. The number of fused-ring (bicyclic) bond motifs is 6. The molecule has 0 fully saturated rings. The topological polar surface area (TPSA) is 31.8 Å². The van der Waals surface area contributed by atoms with E-state index in [0.29, 0.717) is 6.67 Å². The van der Waals surface area contributed by atoms with Gasteiger partial charge in [-0.1, -0.05) is 222 Å². The maximum atomic E-state index is 7.09. The van der Waals surface area contributed by atoms with Crippen molar-refractivity contribution in [3.63, 3.8) is 0 Å². The third-order valence-electron chi connectivity index (χ3n) is 17.0. The standard InChI is InChI=1S/C78H86N4O/c1-73(2,3)52-36-37-79-71(46-52)82-67-31-22-21-30-63(67)61-28-19-20-29-62(61)64-35-34-60(48-70(64)82)83-59-27-25-26-58(47-59)80-49-81(69-33-24-23-32-68(69)80)72-65(50-38-53(74(4,5)6)42-54(39-50)75(7,8)9)44-57(78(16,17)18)45-66(72)51-40-55(76(10,11)12)43-56(41-51)77(13,14)15/h19-48H,49H2,1-18H3. The quantitative estimate of drug-likeness (QED) is 0.159. The minimum atomic E-state index is -0.140. The van der Waals surface area contributed by atoms with E-state index in [1.165, 1.54) is 72.4 Å². The molecule has 5 heteroatoms. The number of benzene rings is 8. The molecule has 0 radical (unpaired) electrons. The van der Waals surface area contributed by atoms with Crippen molar-refractivity contribution < 1.29 is 4.74 Å². The predicted molar refractivity (Wildman–Crippen MR) is 355 cm³/mol. The second-order valence-electron chi connectivity index (χ2n) is 29.6. The monoisotopic (exact) mass is 1090 g/mol. The molecule has 2 aliphatic heterocycles. The van der Waals surface area contributed by atoms with Gasteiger partial charge in [0.15, 0.2) is 0 Å². The Bertz CT molecular complexity index is 3790. The molecule has 0 unspecified atom stereocenters. The maximum Gasteiger partial charge on any atom is 0.137 e. The minimum Gasteiger partial charge on any atom is -0.457 e. The Morgan fingerprint density at radius 3 is 1.27 bits per heavy atom. The fourth-order valence-electron chi connectivity index (χ4n) is 11.8. The first-order chi connectivity index (χ1) is 38.9. The molecular weight excluding hydrogens is 1010 g/mol. The summed E-state index contributed by atoms with van der Waals surface area (Å²) in [5, 5.41) is 0. The second-order valence-corrected chi connectivity index (χ2v) is 29.6. The Hall–Kier alpha value is -7.89. The zero-order valence-electron chi connectivity index (χ0n) is 52.7. The summed E-state index contributed by atoms with van der Waals surface area (Å²) in [4.78, 5) is 12.5. The Morgan fingerprint density at radius 2 is 0.759 bits per heavy atom. The fourth-order valence-corrected chi connectivity index (χ4v) is 11.8. The van der Waals surface area contributed by atoms with Crippen molar-refractivity contribution in [1.29, 1.82) is 0 Å². The van der Waals surface area contributed by atoms with Crippen molar-refractivity contribution in [1.82, 2.24) is 4.98 Å². The number of nitrogens with zero attached hydrogens (tertiary/aromatic N) is 4. The van der Waals surface area contributed by atoms with Gasteiger partial charge in [-0.2, -0.15) is 0 Å². The van der Waals surface area contributed by atoms with E-state index < -0.39 is 0 Å². The van der Waals surface area contributed by atoms with Gasteiger partial charge in [0.1, 0.15) is 24.0 Å². The number of ether oxygens (including phenoxy) is 1. The van der Waals surface area contributed by atoms with Gasteiger partial charge >= 0.3 is 0 Å². The van der Waals surface area contributed by atoms with Crippen LogP contribution in [0.1, 0.15) is 158 Å². The summed E-state index contributed by atoms with van der Waals surface area (Å²) in [6.07, 6.45) is 1.95.